The van der Waals surface area contributed by atoms with Gasteiger partial charge in [0.1, 0.15) is 0 Å². The summed E-state index contributed by atoms with van der Waals surface area (Å²) in [4.78, 5) is 44.6. The number of carbonyl (C=O) groups is 2. The lowest BCUT2D eigenvalue weighted by Crippen LogP contribution is -2.37. The predicted octanol–water partition coefficient (Wildman–Crippen LogP) is 3.53. The molecule has 0 atom stereocenters. The van der Waals surface area contributed by atoms with Crippen LogP contribution in [0.4, 0.5) is 0 Å². The topological polar surface area (TPSA) is 81.5 Å². The quantitative estimate of drug-likeness (QED) is 0.302. The molecule has 0 aliphatic carbocycles. The van der Waals surface area contributed by atoms with Gasteiger partial charge in [-0.1, -0.05) is 42.1 Å². The fourth-order valence-electron chi connectivity index (χ4n) is 4.00. The Balaban J connectivity index is 1.65. The molecular formula is C25H27N3O4S. The number of fused-ring (bicyclic) bond motifs is 1. The molecule has 4 rings (SSSR count). The van der Waals surface area contributed by atoms with E-state index < -0.39 is 5.97 Å². The van der Waals surface area contributed by atoms with Crippen LogP contribution in [0.3, 0.4) is 0 Å². The number of rotatable bonds is 7. The normalized spacial score (nSPS) is 13.8. The lowest BCUT2D eigenvalue weighted by molar-refractivity contribution is -0.129. The molecule has 1 amide bonds. The Bertz CT molecular complexity index is 1200. The molecule has 7 nitrogen and oxygen atoms in total. The fraction of sp³-hybridized carbons (Fsp3) is 0.360. The van der Waals surface area contributed by atoms with E-state index in [4.69, 9.17) is 9.72 Å². The maximum absolute atomic E-state index is 13.4. The summed E-state index contributed by atoms with van der Waals surface area (Å²) in [6.45, 7) is 2.02. The third kappa shape index (κ3) is 5.45. The van der Waals surface area contributed by atoms with Gasteiger partial charge in [0.15, 0.2) is 5.16 Å². The molecule has 33 heavy (non-hydrogen) atoms. The third-order valence-electron chi connectivity index (χ3n) is 5.84. The van der Waals surface area contributed by atoms with Crippen LogP contribution in [0.5, 0.6) is 0 Å². The van der Waals surface area contributed by atoms with Gasteiger partial charge < -0.3 is 9.64 Å². The largest absolute Gasteiger partial charge is 0.465 e. The second-order valence-electron chi connectivity index (χ2n) is 8.04. The van der Waals surface area contributed by atoms with Crippen molar-refractivity contribution in [2.45, 2.75) is 37.4 Å². The molecule has 0 spiro atoms. The number of esters is 1. The van der Waals surface area contributed by atoms with Crippen molar-refractivity contribution in [3.8, 4) is 0 Å². The van der Waals surface area contributed by atoms with Gasteiger partial charge in [0.05, 0.1) is 29.3 Å². The van der Waals surface area contributed by atoms with Crippen molar-refractivity contribution in [2.75, 3.05) is 26.0 Å². The SMILES string of the molecule is COC(=O)c1ccc2c(=O)n(CCc3ccccc3)c(SCC(=O)N3CCCCC3)nc2c1. The average Bonchev–Trinajstić information content (AvgIpc) is 2.87. The van der Waals surface area contributed by atoms with Crippen molar-refractivity contribution < 1.29 is 14.3 Å². The Morgan fingerprint density at radius 3 is 2.55 bits per heavy atom. The molecule has 2 heterocycles. The van der Waals surface area contributed by atoms with Crippen LogP contribution in [0.15, 0.2) is 58.5 Å². The van der Waals surface area contributed by atoms with Crippen LogP contribution in [0.2, 0.25) is 0 Å². The molecule has 172 valence electrons. The zero-order valence-electron chi connectivity index (χ0n) is 18.7. The highest BCUT2D eigenvalue weighted by atomic mass is 32.2. The number of benzene rings is 2. The summed E-state index contributed by atoms with van der Waals surface area (Å²) in [6.07, 6.45) is 3.89. The zero-order chi connectivity index (χ0) is 23.2. The van der Waals surface area contributed by atoms with Crippen LogP contribution in [0.25, 0.3) is 10.9 Å². The summed E-state index contributed by atoms with van der Waals surface area (Å²) in [5.41, 5.74) is 1.69. The number of thioether (sulfide) groups is 1. The number of likely N-dealkylation sites (tertiary alicyclic amines) is 1. The number of hydrogen-bond acceptors (Lipinski definition) is 6. The molecule has 0 bridgehead atoms. The minimum Gasteiger partial charge on any atom is -0.465 e. The molecular weight excluding hydrogens is 438 g/mol. The van der Waals surface area contributed by atoms with Gasteiger partial charge in [0.2, 0.25) is 5.91 Å². The number of carbonyl (C=O) groups excluding carboxylic acids is 2. The highest BCUT2D eigenvalue weighted by Crippen LogP contribution is 2.21. The molecule has 0 radical (unpaired) electrons. The van der Waals surface area contributed by atoms with Crippen LogP contribution in [0, 0.1) is 0 Å². The van der Waals surface area contributed by atoms with Crippen molar-refractivity contribution in [1.82, 2.24) is 14.5 Å². The van der Waals surface area contributed by atoms with Gasteiger partial charge in [-0.05, 0) is 49.4 Å². The molecule has 3 aromatic rings. The molecule has 1 fully saturated rings. The number of amides is 1. The number of methoxy groups -OCH3 is 1. The monoisotopic (exact) mass is 465 g/mol. The summed E-state index contributed by atoms with van der Waals surface area (Å²) < 4.78 is 6.44. The van der Waals surface area contributed by atoms with Crippen molar-refractivity contribution in [1.29, 1.82) is 0 Å². The molecule has 2 aromatic carbocycles. The minimum atomic E-state index is -0.485. The number of ether oxygens (including phenoxy) is 1. The predicted molar refractivity (Wildman–Crippen MR) is 129 cm³/mol. The van der Waals surface area contributed by atoms with Crippen molar-refractivity contribution in [3.63, 3.8) is 0 Å². The minimum absolute atomic E-state index is 0.0620. The number of aromatic nitrogens is 2. The van der Waals surface area contributed by atoms with E-state index in [0.717, 1.165) is 37.9 Å². The lowest BCUT2D eigenvalue weighted by Gasteiger charge is -2.26. The number of aryl methyl sites for hydroxylation is 1. The molecule has 0 saturated carbocycles. The van der Waals surface area contributed by atoms with Gasteiger partial charge in [0.25, 0.3) is 5.56 Å². The fourth-order valence-corrected chi connectivity index (χ4v) is 4.93. The highest BCUT2D eigenvalue weighted by molar-refractivity contribution is 7.99. The second kappa shape index (κ2) is 10.7. The van der Waals surface area contributed by atoms with Gasteiger partial charge in [-0.2, -0.15) is 0 Å². The molecule has 0 N–H and O–H groups in total. The average molecular weight is 466 g/mol. The number of nitrogens with zero attached hydrogens (tertiary/aromatic N) is 3. The second-order valence-corrected chi connectivity index (χ2v) is 8.98. The van der Waals surface area contributed by atoms with Crippen LogP contribution >= 0.6 is 11.8 Å². The van der Waals surface area contributed by atoms with Gasteiger partial charge >= 0.3 is 5.97 Å². The van der Waals surface area contributed by atoms with Gasteiger partial charge in [-0.25, -0.2) is 9.78 Å². The molecule has 1 saturated heterocycles. The number of hydrogen-bond donors (Lipinski definition) is 0. The van der Waals surface area contributed by atoms with E-state index in [2.05, 4.69) is 0 Å². The van der Waals surface area contributed by atoms with E-state index in [0.29, 0.717) is 34.6 Å². The molecule has 1 aliphatic rings. The lowest BCUT2D eigenvalue weighted by atomic mass is 10.1. The molecule has 1 aromatic heterocycles. The first-order valence-electron chi connectivity index (χ1n) is 11.1. The first kappa shape index (κ1) is 23.0. The number of piperidine rings is 1. The van der Waals surface area contributed by atoms with E-state index in [9.17, 15) is 14.4 Å². The standard InChI is InChI=1S/C25H27N3O4S/c1-32-24(31)19-10-11-20-21(16-19)26-25(33-17-22(29)27-13-6-3-7-14-27)28(23(20)30)15-12-18-8-4-2-5-9-18/h2,4-5,8-11,16H,3,6-7,12-15,17H2,1H3. The van der Waals surface area contributed by atoms with E-state index in [1.807, 2.05) is 35.2 Å². The van der Waals surface area contributed by atoms with Gasteiger partial charge in [0, 0.05) is 19.6 Å². The Labute approximate surface area is 196 Å². The first-order valence-corrected chi connectivity index (χ1v) is 12.1. The maximum Gasteiger partial charge on any atom is 0.337 e. The van der Waals surface area contributed by atoms with E-state index in [-0.39, 0.29) is 17.2 Å². The van der Waals surface area contributed by atoms with E-state index >= 15 is 0 Å². The van der Waals surface area contributed by atoms with Crippen LogP contribution in [-0.2, 0) is 22.5 Å². The summed E-state index contributed by atoms with van der Waals surface area (Å²) in [5.74, 6) is -0.201. The van der Waals surface area contributed by atoms with Crippen molar-refractivity contribution in [2.24, 2.45) is 0 Å². The first-order chi connectivity index (χ1) is 16.1. The summed E-state index contributed by atoms with van der Waals surface area (Å²) in [7, 11) is 1.31. The Morgan fingerprint density at radius 1 is 1.06 bits per heavy atom. The van der Waals surface area contributed by atoms with Gasteiger partial charge in [-0.15, -0.1) is 0 Å². The Kier molecular flexibility index (Phi) is 7.44. The molecule has 1 aliphatic heterocycles. The Morgan fingerprint density at radius 2 is 1.82 bits per heavy atom. The van der Waals surface area contributed by atoms with Crippen LogP contribution in [-0.4, -0.2) is 52.3 Å². The van der Waals surface area contributed by atoms with Crippen molar-refractivity contribution in [3.05, 3.63) is 70.0 Å². The van der Waals surface area contributed by atoms with Crippen LogP contribution < -0.4 is 5.56 Å². The maximum atomic E-state index is 13.4. The Hall–Kier alpha value is -3.13. The van der Waals surface area contributed by atoms with E-state index in [1.165, 1.54) is 18.9 Å². The van der Waals surface area contributed by atoms with Crippen molar-refractivity contribution >= 4 is 34.5 Å². The van der Waals surface area contributed by atoms with Gasteiger partial charge in [-0.3, -0.25) is 14.2 Å². The molecule has 8 heteroatoms. The summed E-state index contributed by atoms with van der Waals surface area (Å²) in [6, 6.07) is 14.7. The molecule has 0 unspecified atom stereocenters. The smallest absolute Gasteiger partial charge is 0.337 e. The summed E-state index contributed by atoms with van der Waals surface area (Å²) >= 11 is 1.28. The van der Waals surface area contributed by atoms with E-state index in [1.54, 1.807) is 22.8 Å². The van der Waals surface area contributed by atoms with Crippen LogP contribution in [0.1, 0.15) is 35.2 Å². The summed E-state index contributed by atoms with van der Waals surface area (Å²) in [5, 5.41) is 0.915. The highest BCUT2D eigenvalue weighted by Gasteiger charge is 2.19. The zero-order valence-corrected chi connectivity index (χ0v) is 19.5. The third-order valence-corrected chi connectivity index (χ3v) is 6.80.